The molecule has 0 saturated heterocycles. The molecule has 1 aromatic carbocycles. The molecule has 6 nitrogen and oxygen atoms in total. The zero-order chi connectivity index (χ0) is 16.8. The molecule has 0 aliphatic rings. The molecule has 1 atom stereocenters. The highest BCUT2D eigenvalue weighted by molar-refractivity contribution is 5.32. The molecule has 0 fully saturated rings. The average Bonchev–Trinajstić information content (AvgIpc) is 3.09. The lowest BCUT2D eigenvalue weighted by molar-refractivity contribution is 0.397. The summed E-state index contributed by atoms with van der Waals surface area (Å²) in [6.07, 6.45) is 4.40. The van der Waals surface area contributed by atoms with E-state index in [9.17, 15) is 0 Å². The minimum atomic E-state index is 0.290. The Hall–Kier alpha value is -2.73. The quantitative estimate of drug-likeness (QED) is 0.723. The molecule has 124 valence electrons. The van der Waals surface area contributed by atoms with Crippen LogP contribution >= 0.6 is 0 Å². The third-order valence-corrected chi connectivity index (χ3v) is 3.81. The predicted molar refractivity (Wildman–Crippen MR) is 92.2 cm³/mol. The highest BCUT2D eigenvalue weighted by Gasteiger charge is 2.09. The van der Waals surface area contributed by atoms with Gasteiger partial charge < -0.3 is 10.1 Å². The number of hydrogen-bond acceptors (Lipinski definition) is 5. The number of aromatic nitrogens is 4. The van der Waals surface area contributed by atoms with Crippen molar-refractivity contribution in [2.45, 2.75) is 25.9 Å². The number of para-hydroxylation sites is 1. The first-order chi connectivity index (χ1) is 11.8. The topological polar surface area (TPSA) is 64.9 Å². The van der Waals surface area contributed by atoms with Crippen LogP contribution in [0, 0.1) is 0 Å². The van der Waals surface area contributed by atoms with Gasteiger partial charge in [0, 0.05) is 24.0 Å². The monoisotopic (exact) mass is 323 g/mol. The van der Waals surface area contributed by atoms with Crippen LogP contribution in [0.4, 0.5) is 0 Å². The number of rotatable bonds is 7. The third-order valence-electron chi connectivity index (χ3n) is 3.81. The van der Waals surface area contributed by atoms with Gasteiger partial charge >= 0.3 is 0 Å². The maximum Gasteiger partial charge on any atom is 0.213 e. The average molecular weight is 323 g/mol. The van der Waals surface area contributed by atoms with E-state index in [2.05, 4.69) is 27.4 Å². The zero-order valence-electron chi connectivity index (χ0n) is 13.9. The van der Waals surface area contributed by atoms with Crippen molar-refractivity contribution in [3.05, 3.63) is 66.4 Å². The largest absolute Gasteiger partial charge is 0.481 e. The van der Waals surface area contributed by atoms with Gasteiger partial charge in [-0.1, -0.05) is 18.2 Å². The smallest absolute Gasteiger partial charge is 0.213 e. The van der Waals surface area contributed by atoms with E-state index < -0.39 is 0 Å². The first kappa shape index (κ1) is 16.1. The van der Waals surface area contributed by atoms with Crippen LogP contribution in [0.3, 0.4) is 0 Å². The van der Waals surface area contributed by atoms with Gasteiger partial charge in [0.05, 0.1) is 13.7 Å². The van der Waals surface area contributed by atoms with Crippen molar-refractivity contribution in [2.24, 2.45) is 0 Å². The fourth-order valence-electron chi connectivity index (χ4n) is 2.56. The Labute approximate surface area is 141 Å². The summed E-state index contributed by atoms with van der Waals surface area (Å²) in [6, 6.07) is 14.4. The number of benzene rings is 1. The van der Waals surface area contributed by atoms with Crippen LogP contribution in [0.25, 0.3) is 5.69 Å². The molecule has 0 bridgehead atoms. The molecule has 0 spiro atoms. The summed E-state index contributed by atoms with van der Waals surface area (Å²) in [5, 5.41) is 11.7. The second-order valence-electron chi connectivity index (χ2n) is 5.65. The lowest BCUT2D eigenvalue weighted by atomic mass is 10.1. The maximum atomic E-state index is 5.17. The van der Waals surface area contributed by atoms with Gasteiger partial charge in [0.15, 0.2) is 5.82 Å². The number of pyridine rings is 1. The lowest BCUT2D eigenvalue weighted by Gasteiger charge is -2.14. The molecule has 0 aliphatic carbocycles. The number of ether oxygens (including phenoxy) is 1. The molecule has 3 rings (SSSR count). The Balaban J connectivity index is 1.61. The van der Waals surface area contributed by atoms with Crippen LogP contribution in [0.2, 0.25) is 0 Å². The van der Waals surface area contributed by atoms with Crippen molar-refractivity contribution < 1.29 is 4.74 Å². The minimum absolute atomic E-state index is 0.290. The Morgan fingerprint density at radius 1 is 1.21 bits per heavy atom. The SMILES string of the molecule is COc1cc(C[C@H](C)NCc2nncn2-c2ccccc2)ccn1. The Morgan fingerprint density at radius 3 is 2.83 bits per heavy atom. The second kappa shape index (κ2) is 7.70. The van der Waals surface area contributed by atoms with Crippen LogP contribution in [0.1, 0.15) is 18.3 Å². The first-order valence-corrected chi connectivity index (χ1v) is 7.93. The third kappa shape index (κ3) is 3.97. The minimum Gasteiger partial charge on any atom is -0.481 e. The van der Waals surface area contributed by atoms with Gasteiger partial charge in [-0.25, -0.2) is 4.98 Å². The maximum absolute atomic E-state index is 5.17. The summed E-state index contributed by atoms with van der Waals surface area (Å²) in [6.45, 7) is 2.80. The Morgan fingerprint density at radius 2 is 2.04 bits per heavy atom. The van der Waals surface area contributed by atoms with E-state index in [0.29, 0.717) is 12.4 Å². The van der Waals surface area contributed by atoms with Crippen molar-refractivity contribution in [3.8, 4) is 11.6 Å². The molecule has 6 heteroatoms. The van der Waals surface area contributed by atoms with Crippen LogP contribution in [0.5, 0.6) is 5.88 Å². The van der Waals surface area contributed by atoms with E-state index in [1.165, 1.54) is 5.56 Å². The summed E-state index contributed by atoms with van der Waals surface area (Å²) in [4.78, 5) is 4.13. The molecule has 0 unspecified atom stereocenters. The molecule has 0 aliphatic heterocycles. The van der Waals surface area contributed by atoms with Crippen molar-refractivity contribution >= 4 is 0 Å². The van der Waals surface area contributed by atoms with Gasteiger partial charge in [-0.2, -0.15) is 0 Å². The van der Waals surface area contributed by atoms with Crippen molar-refractivity contribution in [1.82, 2.24) is 25.1 Å². The van der Waals surface area contributed by atoms with Gasteiger partial charge in [0.1, 0.15) is 6.33 Å². The van der Waals surface area contributed by atoms with Gasteiger partial charge in [-0.05, 0) is 37.1 Å². The molecule has 0 amide bonds. The number of nitrogens with one attached hydrogen (secondary N) is 1. The number of nitrogens with zero attached hydrogens (tertiary/aromatic N) is 4. The number of hydrogen-bond donors (Lipinski definition) is 1. The summed E-state index contributed by atoms with van der Waals surface area (Å²) < 4.78 is 7.16. The predicted octanol–water partition coefficient (Wildman–Crippen LogP) is 2.39. The fraction of sp³-hybridized carbons (Fsp3) is 0.278. The van der Waals surface area contributed by atoms with Crippen LogP contribution in [-0.2, 0) is 13.0 Å². The molecular weight excluding hydrogens is 302 g/mol. The molecule has 3 aromatic rings. The highest BCUT2D eigenvalue weighted by atomic mass is 16.5. The normalized spacial score (nSPS) is 12.1. The standard InChI is InChI=1S/C18H21N5O/c1-14(10-15-8-9-19-18(11-15)24-2)20-12-17-22-21-13-23(17)16-6-4-3-5-7-16/h3-9,11,13-14,20H,10,12H2,1-2H3/t14-/m0/s1. The Bertz CT molecular complexity index is 772. The fourth-order valence-corrected chi connectivity index (χ4v) is 2.56. The van der Waals surface area contributed by atoms with E-state index in [1.54, 1.807) is 19.6 Å². The van der Waals surface area contributed by atoms with E-state index in [0.717, 1.165) is 17.9 Å². The molecule has 0 saturated carbocycles. The summed E-state index contributed by atoms with van der Waals surface area (Å²) in [5.41, 5.74) is 2.25. The number of methoxy groups -OCH3 is 1. The first-order valence-electron chi connectivity index (χ1n) is 7.93. The summed E-state index contributed by atoms with van der Waals surface area (Å²) in [5.74, 6) is 1.53. The molecule has 2 heterocycles. The van der Waals surface area contributed by atoms with E-state index in [4.69, 9.17) is 4.74 Å². The van der Waals surface area contributed by atoms with Crippen LogP contribution in [0.15, 0.2) is 55.0 Å². The van der Waals surface area contributed by atoms with Crippen molar-refractivity contribution in [2.75, 3.05) is 7.11 Å². The van der Waals surface area contributed by atoms with Crippen molar-refractivity contribution in [1.29, 1.82) is 0 Å². The summed E-state index contributed by atoms with van der Waals surface area (Å²) >= 11 is 0. The van der Waals surface area contributed by atoms with Gasteiger partial charge in [0.2, 0.25) is 5.88 Å². The van der Waals surface area contributed by atoms with Gasteiger partial charge in [-0.15, -0.1) is 10.2 Å². The van der Waals surface area contributed by atoms with Crippen LogP contribution < -0.4 is 10.1 Å². The van der Waals surface area contributed by atoms with Crippen LogP contribution in [-0.4, -0.2) is 32.9 Å². The molecule has 0 radical (unpaired) electrons. The molecule has 24 heavy (non-hydrogen) atoms. The van der Waals surface area contributed by atoms with E-state index in [1.807, 2.05) is 47.0 Å². The van der Waals surface area contributed by atoms with Gasteiger partial charge in [-0.3, -0.25) is 4.57 Å². The van der Waals surface area contributed by atoms with Crippen molar-refractivity contribution in [3.63, 3.8) is 0 Å². The highest BCUT2D eigenvalue weighted by Crippen LogP contribution is 2.12. The zero-order valence-corrected chi connectivity index (χ0v) is 13.9. The van der Waals surface area contributed by atoms with Gasteiger partial charge in [0.25, 0.3) is 0 Å². The molecule has 2 aromatic heterocycles. The summed E-state index contributed by atoms with van der Waals surface area (Å²) in [7, 11) is 1.63. The lowest BCUT2D eigenvalue weighted by Crippen LogP contribution is -2.28. The van der Waals surface area contributed by atoms with E-state index >= 15 is 0 Å². The second-order valence-corrected chi connectivity index (χ2v) is 5.65. The molecular formula is C18H21N5O. The molecule has 1 N–H and O–H groups in total. The van der Waals surface area contributed by atoms with E-state index in [-0.39, 0.29) is 6.04 Å². The Kier molecular flexibility index (Phi) is 5.18.